The lowest BCUT2D eigenvalue weighted by atomic mass is 9.91. The minimum atomic E-state index is -1.10. The van der Waals surface area contributed by atoms with Crippen molar-refractivity contribution < 1.29 is 19.4 Å². The summed E-state index contributed by atoms with van der Waals surface area (Å²) < 4.78 is 7.29. The van der Waals surface area contributed by atoms with E-state index in [1.807, 2.05) is 12.1 Å². The van der Waals surface area contributed by atoms with Crippen molar-refractivity contribution in [3.05, 3.63) is 75.8 Å². The van der Waals surface area contributed by atoms with Gasteiger partial charge in [0.25, 0.3) is 11.5 Å². The molecule has 3 aromatic rings. The van der Waals surface area contributed by atoms with Gasteiger partial charge >= 0.3 is 5.97 Å². The molecule has 2 N–H and O–H groups in total. The number of rotatable bonds is 8. The van der Waals surface area contributed by atoms with Crippen molar-refractivity contribution in [2.75, 3.05) is 5.32 Å². The van der Waals surface area contributed by atoms with Crippen LogP contribution in [0.2, 0.25) is 0 Å². The number of pyridine rings is 1. The number of carbonyl (C=O) groups excluding carboxylic acids is 1. The Balaban J connectivity index is 1.38. The number of aromatic nitrogens is 3. The van der Waals surface area contributed by atoms with Crippen LogP contribution in [0, 0.1) is 5.92 Å². The van der Waals surface area contributed by atoms with Gasteiger partial charge < -0.3 is 15.2 Å². The molecule has 2 heterocycles. The standard InChI is InChI=1S/C28H30N4O5/c33-26-15-21(37-24-11-5-9-19-8-3-4-10-22(19)24)17-30-32(26)23(14-18-6-1-2-7-18)27(34)31-25-13-12-20(16-29-25)28(35)36/h5,9,11-13,15-18,23H,1-4,6-8,10,14H2,(H,35,36)(H,29,31,34)/t23-/m1/s1. The summed E-state index contributed by atoms with van der Waals surface area (Å²) in [6.07, 6.45) is 11.6. The molecule has 0 spiro atoms. The molecule has 1 fully saturated rings. The van der Waals surface area contributed by atoms with E-state index < -0.39 is 23.5 Å². The zero-order valence-corrected chi connectivity index (χ0v) is 20.6. The average Bonchev–Trinajstić information content (AvgIpc) is 3.42. The highest BCUT2D eigenvalue weighted by molar-refractivity contribution is 5.93. The second-order valence-electron chi connectivity index (χ2n) is 9.81. The lowest BCUT2D eigenvalue weighted by Crippen LogP contribution is -2.36. The number of fused-ring (bicyclic) bond motifs is 1. The van der Waals surface area contributed by atoms with Crippen molar-refractivity contribution >= 4 is 17.7 Å². The van der Waals surface area contributed by atoms with E-state index in [9.17, 15) is 14.4 Å². The van der Waals surface area contributed by atoms with Crippen molar-refractivity contribution in [2.45, 2.75) is 63.8 Å². The van der Waals surface area contributed by atoms with Gasteiger partial charge in [0.05, 0.1) is 11.8 Å². The van der Waals surface area contributed by atoms with Crippen molar-refractivity contribution in [1.82, 2.24) is 14.8 Å². The summed E-state index contributed by atoms with van der Waals surface area (Å²) in [6.45, 7) is 0. The first-order valence-electron chi connectivity index (χ1n) is 12.9. The molecule has 9 heteroatoms. The number of benzene rings is 1. The maximum atomic E-state index is 13.3. The monoisotopic (exact) mass is 502 g/mol. The van der Waals surface area contributed by atoms with Gasteiger partial charge in [-0.25, -0.2) is 14.5 Å². The number of hydrogen-bond donors (Lipinski definition) is 2. The fraction of sp³-hybridized carbons (Fsp3) is 0.393. The van der Waals surface area contributed by atoms with Crippen LogP contribution in [0.5, 0.6) is 11.5 Å². The van der Waals surface area contributed by atoms with Crippen LogP contribution in [0.4, 0.5) is 5.82 Å². The van der Waals surface area contributed by atoms with Crippen LogP contribution < -0.4 is 15.6 Å². The quantitative estimate of drug-likeness (QED) is 0.455. The summed E-state index contributed by atoms with van der Waals surface area (Å²) in [7, 11) is 0. The highest BCUT2D eigenvalue weighted by atomic mass is 16.5. The molecule has 0 saturated heterocycles. The third-order valence-electron chi connectivity index (χ3n) is 7.27. The predicted octanol–water partition coefficient (Wildman–Crippen LogP) is 4.77. The number of aromatic carboxylic acids is 1. The molecular formula is C28H30N4O5. The summed E-state index contributed by atoms with van der Waals surface area (Å²) >= 11 is 0. The Labute approximate surface area is 214 Å². The molecule has 1 aromatic carbocycles. The van der Waals surface area contributed by atoms with Crippen LogP contribution in [-0.2, 0) is 17.6 Å². The minimum absolute atomic E-state index is 0.0219. The molecule has 192 valence electrons. The second-order valence-corrected chi connectivity index (χ2v) is 9.81. The number of nitrogens with zero attached hydrogens (tertiary/aromatic N) is 3. The van der Waals surface area contributed by atoms with Gasteiger partial charge in [0.2, 0.25) is 0 Å². The number of amides is 1. The number of ether oxygens (including phenoxy) is 1. The van der Waals surface area contributed by atoms with Gasteiger partial charge in [0, 0.05) is 12.3 Å². The molecule has 0 radical (unpaired) electrons. The van der Waals surface area contributed by atoms with Crippen molar-refractivity contribution in [3.63, 3.8) is 0 Å². The van der Waals surface area contributed by atoms with Crippen LogP contribution in [0.1, 0.15) is 72.5 Å². The molecule has 5 rings (SSSR count). The van der Waals surface area contributed by atoms with Gasteiger partial charge in [-0.1, -0.05) is 37.8 Å². The Bertz CT molecular complexity index is 1350. The number of carboxylic acids is 1. The average molecular weight is 503 g/mol. The highest BCUT2D eigenvalue weighted by Crippen LogP contribution is 2.33. The fourth-order valence-corrected chi connectivity index (χ4v) is 5.34. The molecule has 9 nitrogen and oxygen atoms in total. The first-order valence-corrected chi connectivity index (χ1v) is 12.9. The maximum Gasteiger partial charge on any atom is 0.337 e. The molecule has 1 atom stereocenters. The molecule has 0 unspecified atom stereocenters. The fourth-order valence-electron chi connectivity index (χ4n) is 5.34. The largest absolute Gasteiger partial charge is 0.478 e. The van der Waals surface area contributed by atoms with Gasteiger partial charge in [0.1, 0.15) is 17.6 Å². The van der Waals surface area contributed by atoms with Gasteiger partial charge in [0.15, 0.2) is 5.75 Å². The van der Waals surface area contributed by atoms with Crippen LogP contribution >= 0.6 is 0 Å². The summed E-state index contributed by atoms with van der Waals surface area (Å²) in [4.78, 5) is 41.6. The zero-order chi connectivity index (χ0) is 25.8. The normalized spacial score (nSPS) is 16.1. The maximum absolute atomic E-state index is 13.3. The van der Waals surface area contributed by atoms with E-state index in [0.29, 0.717) is 18.1 Å². The van der Waals surface area contributed by atoms with Crippen molar-refractivity contribution in [1.29, 1.82) is 0 Å². The summed E-state index contributed by atoms with van der Waals surface area (Å²) in [5.41, 5.74) is 2.06. The summed E-state index contributed by atoms with van der Waals surface area (Å²) in [5.74, 6) is 0.103. The molecule has 0 aliphatic heterocycles. The third kappa shape index (κ3) is 5.71. The molecule has 0 bridgehead atoms. The van der Waals surface area contributed by atoms with Crippen LogP contribution in [0.3, 0.4) is 0 Å². The number of carboxylic acid groups (broad SMARTS) is 1. The second kappa shape index (κ2) is 10.9. The van der Waals surface area contributed by atoms with Crippen LogP contribution in [-0.4, -0.2) is 31.7 Å². The van der Waals surface area contributed by atoms with E-state index >= 15 is 0 Å². The van der Waals surface area contributed by atoms with E-state index in [0.717, 1.165) is 57.1 Å². The minimum Gasteiger partial charge on any atom is -0.478 e. The van der Waals surface area contributed by atoms with Gasteiger partial charge in [-0.05, 0) is 67.3 Å². The van der Waals surface area contributed by atoms with Crippen molar-refractivity contribution in [2.24, 2.45) is 5.92 Å². The van der Waals surface area contributed by atoms with Gasteiger partial charge in [-0.15, -0.1) is 0 Å². The lowest BCUT2D eigenvalue weighted by molar-refractivity contribution is -0.120. The lowest BCUT2D eigenvalue weighted by Gasteiger charge is -2.22. The van der Waals surface area contributed by atoms with E-state index in [1.54, 1.807) is 0 Å². The smallest absolute Gasteiger partial charge is 0.337 e. The number of anilines is 1. The third-order valence-corrected chi connectivity index (χ3v) is 7.27. The highest BCUT2D eigenvalue weighted by Gasteiger charge is 2.29. The Kier molecular flexibility index (Phi) is 7.30. The van der Waals surface area contributed by atoms with Gasteiger partial charge in [-0.2, -0.15) is 5.10 Å². The van der Waals surface area contributed by atoms with Crippen molar-refractivity contribution in [3.8, 4) is 11.5 Å². The summed E-state index contributed by atoms with van der Waals surface area (Å²) in [6, 6.07) is 9.35. The molecular weight excluding hydrogens is 472 g/mol. The number of hydrogen-bond acceptors (Lipinski definition) is 6. The Morgan fingerprint density at radius 3 is 2.62 bits per heavy atom. The molecule has 2 aliphatic rings. The Morgan fingerprint density at radius 2 is 1.89 bits per heavy atom. The van der Waals surface area contributed by atoms with E-state index in [4.69, 9.17) is 9.84 Å². The topological polar surface area (TPSA) is 123 Å². The van der Waals surface area contributed by atoms with E-state index in [2.05, 4.69) is 21.5 Å². The molecule has 37 heavy (non-hydrogen) atoms. The summed E-state index contributed by atoms with van der Waals surface area (Å²) in [5, 5.41) is 16.1. The first kappa shape index (κ1) is 24.7. The zero-order valence-electron chi connectivity index (χ0n) is 20.6. The number of carbonyl (C=O) groups is 2. The predicted molar refractivity (Wildman–Crippen MR) is 137 cm³/mol. The molecule has 1 saturated carbocycles. The molecule has 2 aliphatic carbocycles. The Morgan fingerprint density at radius 1 is 1.08 bits per heavy atom. The molecule has 1 amide bonds. The van der Waals surface area contributed by atoms with Gasteiger partial charge in [-0.3, -0.25) is 9.59 Å². The number of nitrogens with one attached hydrogen (secondary N) is 1. The van der Waals surface area contributed by atoms with E-state index in [1.165, 1.54) is 46.4 Å². The Hall–Kier alpha value is -4.01. The van der Waals surface area contributed by atoms with Crippen LogP contribution in [0.15, 0.2) is 53.6 Å². The van der Waals surface area contributed by atoms with E-state index in [-0.39, 0.29) is 11.4 Å². The molecule has 2 aromatic heterocycles. The SMILES string of the molecule is O=C(O)c1ccc(NC(=O)[C@@H](CC2CCCC2)n2ncc(Oc3cccc4c3CCCC4)cc2=O)nc1. The number of aryl methyl sites for hydroxylation is 1. The van der Waals surface area contributed by atoms with Crippen LogP contribution in [0.25, 0.3) is 0 Å². The first-order chi connectivity index (χ1) is 18.0.